The summed E-state index contributed by atoms with van der Waals surface area (Å²) in [5.74, 6) is 0.0771. The quantitative estimate of drug-likeness (QED) is 0.605. The van der Waals surface area contributed by atoms with Crippen LogP contribution in [0.1, 0.15) is 19.8 Å². The number of rotatable bonds is 6. The predicted octanol–water partition coefficient (Wildman–Crippen LogP) is 2.36. The van der Waals surface area contributed by atoms with Crippen molar-refractivity contribution in [2.75, 3.05) is 13.2 Å². The molecular weight excluding hydrogens is 296 g/mol. The van der Waals surface area contributed by atoms with E-state index in [-0.39, 0.29) is 6.10 Å². The molecule has 1 aromatic carbocycles. The highest BCUT2D eigenvalue weighted by Crippen LogP contribution is 2.16. The Balaban J connectivity index is 1.50. The van der Waals surface area contributed by atoms with Gasteiger partial charge in [0.1, 0.15) is 5.75 Å². The summed E-state index contributed by atoms with van der Waals surface area (Å²) in [6.45, 7) is 2.89. The summed E-state index contributed by atoms with van der Waals surface area (Å²) < 4.78 is 18.1. The van der Waals surface area contributed by atoms with Gasteiger partial charge < -0.3 is 14.2 Å². The zero-order valence-electron chi connectivity index (χ0n) is 13.1. The number of esters is 1. The third kappa shape index (κ3) is 4.18. The minimum atomic E-state index is -0.620. The zero-order valence-corrected chi connectivity index (χ0v) is 13.1. The molecule has 1 aliphatic heterocycles. The Morgan fingerprint density at radius 3 is 2.91 bits per heavy atom. The topological polar surface area (TPSA) is 62.6 Å². The van der Waals surface area contributed by atoms with Gasteiger partial charge in [0, 0.05) is 19.0 Å². The standard InChI is InChI=1S/C17H20N2O4/c1-13(22-12-16-4-2-11-21-16)17(20)23-15-7-5-14(6-8-15)19-10-3-9-18-19/h3,5-10,13,16H,2,4,11-12H2,1H3. The normalized spacial score (nSPS) is 18.7. The number of nitrogens with zero attached hydrogens (tertiary/aromatic N) is 2. The fourth-order valence-electron chi connectivity index (χ4n) is 2.38. The number of benzene rings is 1. The van der Waals surface area contributed by atoms with Crippen LogP contribution < -0.4 is 4.74 Å². The lowest BCUT2D eigenvalue weighted by molar-refractivity contribution is -0.148. The van der Waals surface area contributed by atoms with E-state index in [1.807, 2.05) is 24.4 Å². The monoisotopic (exact) mass is 316 g/mol. The van der Waals surface area contributed by atoms with Crippen molar-refractivity contribution in [3.63, 3.8) is 0 Å². The van der Waals surface area contributed by atoms with E-state index in [2.05, 4.69) is 5.10 Å². The molecule has 1 saturated heterocycles. The van der Waals surface area contributed by atoms with Crippen LogP contribution in [0.5, 0.6) is 5.75 Å². The fraction of sp³-hybridized carbons (Fsp3) is 0.412. The molecule has 0 spiro atoms. The van der Waals surface area contributed by atoms with Gasteiger partial charge in [-0.2, -0.15) is 5.10 Å². The van der Waals surface area contributed by atoms with E-state index >= 15 is 0 Å². The maximum absolute atomic E-state index is 12.0. The molecule has 2 unspecified atom stereocenters. The van der Waals surface area contributed by atoms with Gasteiger partial charge in [0.25, 0.3) is 0 Å². The van der Waals surface area contributed by atoms with Crippen LogP contribution in [0.25, 0.3) is 5.69 Å². The maximum Gasteiger partial charge on any atom is 0.340 e. The Hall–Kier alpha value is -2.18. The minimum Gasteiger partial charge on any atom is -0.425 e. The maximum atomic E-state index is 12.0. The molecule has 0 radical (unpaired) electrons. The van der Waals surface area contributed by atoms with Gasteiger partial charge in [-0.1, -0.05) is 0 Å². The molecule has 0 saturated carbocycles. The summed E-state index contributed by atoms with van der Waals surface area (Å²) in [6, 6.07) is 9.01. The molecule has 1 aliphatic rings. The first-order valence-corrected chi connectivity index (χ1v) is 7.77. The summed E-state index contributed by atoms with van der Waals surface area (Å²) in [7, 11) is 0. The highest BCUT2D eigenvalue weighted by molar-refractivity contribution is 5.76. The van der Waals surface area contributed by atoms with Gasteiger partial charge in [0.15, 0.2) is 6.10 Å². The molecule has 122 valence electrons. The number of hydrogen-bond donors (Lipinski definition) is 0. The van der Waals surface area contributed by atoms with Gasteiger partial charge >= 0.3 is 5.97 Å². The molecule has 2 heterocycles. The molecule has 3 rings (SSSR count). The van der Waals surface area contributed by atoms with E-state index in [1.165, 1.54) is 0 Å². The largest absolute Gasteiger partial charge is 0.425 e. The second kappa shape index (κ2) is 7.39. The van der Waals surface area contributed by atoms with Gasteiger partial charge in [0.2, 0.25) is 0 Å². The molecule has 6 heteroatoms. The summed E-state index contributed by atoms with van der Waals surface area (Å²) in [4.78, 5) is 12.0. The van der Waals surface area contributed by atoms with Crippen LogP contribution in [-0.2, 0) is 14.3 Å². The molecule has 0 bridgehead atoms. The van der Waals surface area contributed by atoms with Crippen LogP contribution in [0.2, 0.25) is 0 Å². The average Bonchev–Trinajstić information content (AvgIpc) is 3.26. The summed E-state index contributed by atoms with van der Waals surface area (Å²) in [5, 5.41) is 4.14. The summed E-state index contributed by atoms with van der Waals surface area (Å²) in [5.41, 5.74) is 0.900. The van der Waals surface area contributed by atoms with Crippen molar-refractivity contribution >= 4 is 5.97 Å². The lowest BCUT2D eigenvalue weighted by Gasteiger charge is -2.15. The first-order chi connectivity index (χ1) is 11.2. The highest BCUT2D eigenvalue weighted by Gasteiger charge is 2.21. The SMILES string of the molecule is CC(OCC1CCCO1)C(=O)Oc1ccc(-n2cccn2)cc1. The Bertz CT molecular complexity index is 619. The third-order valence-electron chi connectivity index (χ3n) is 3.71. The Kier molecular flexibility index (Phi) is 5.05. The third-order valence-corrected chi connectivity index (χ3v) is 3.71. The Morgan fingerprint density at radius 2 is 2.26 bits per heavy atom. The number of carbonyl (C=O) groups is 1. The molecule has 1 aromatic heterocycles. The highest BCUT2D eigenvalue weighted by atomic mass is 16.6. The molecule has 2 atom stereocenters. The predicted molar refractivity (Wildman–Crippen MR) is 83.6 cm³/mol. The number of ether oxygens (including phenoxy) is 3. The van der Waals surface area contributed by atoms with Crippen LogP contribution in [0.3, 0.4) is 0 Å². The van der Waals surface area contributed by atoms with E-state index in [1.54, 1.807) is 29.9 Å². The van der Waals surface area contributed by atoms with E-state index in [9.17, 15) is 4.79 Å². The molecule has 1 fully saturated rings. The summed E-state index contributed by atoms with van der Waals surface area (Å²) >= 11 is 0. The second-order valence-corrected chi connectivity index (χ2v) is 5.48. The second-order valence-electron chi connectivity index (χ2n) is 5.48. The van der Waals surface area contributed by atoms with Gasteiger partial charge in [-0.05, 0) is 50.1 Å². The average molecular weight is 316 g/mol. The number of carbonyl (C=O) groups excluding carboxylic acids is 1. The molecule has 23 heavy (non-hydrogen) atoms. The van der Waals surface area contributed by atoms with E-state index in [0.29, 0.717) is 12.4 Å². The molecule has 2 aromatic rings. The van der Waals surface area contributed by atoms with Crippen molar-refractivity contribution in [2.24, 2.45) is 0 Å². The Morgan fingerprint density at radius 1 is 1.43 bits per heavy atom. The van der Waals surface area contributed by atoms with Crippen molar-refractivity contribution in [1.29, 1.82) is 0 Å². The van der Waals surface area contributed by atoms with Gasteiger partial charge in [0.05, 0.1) is 18.4 Å². The van der Waals surface area contributed by atoms with Crippen LogP contribution in [0, 0.1) is 0 Å². The minimum absolute atomic E-state index is 0.0959. The molecule has 0 N–H and O–H groups in total. The van der Waals surface area contributed by atoms with Crippen LogP contribution >= 0.6 is 0 Å². The van der Waals surface area contributed by atoms with E-state index in [4.69, 9.17) is 14.2 Å². The summed E-state index contributed by atoms with van der Waals surface area (Å²) in [6.07, 6.45) is 5.07. The van der Waals surface area contributed by atoms with E-state index in [0.717, 1.165) is 25.1 Å². The molecule has 0 aliphatic carbocycles. The zero-order chi connectivity index (χ0) is 16.1. The lowest BCUT2D eigenvalue weighted by atomic mass is 10.2. The van der Waals surface area contributed by atoms with Crippen LogP contribution in [0.15, 0.2) is 42.7 Å². The van der Waals surface area contributed by atoms with Crippen molar-refractivity contribution in [3.05, 3.63) is 42.7 Å². The first-order valence-electron chi connectivity index (χ1n) is 7.77. The number of aromatic nitrogens is 2. The van der Waals surface area contributed by atoms with Crippen molar-refractivity contribution in [1.82, 2.24) is 9.78 Å². The molecule has 0 amide bonds. The van der Waals surface area contributed by atoms with Crippen molar-refractivity contribution < 1.29 is 19.0 Å². The van der Waals surface area contributed by atoms with Crippen molar-refractivity contribution in [3.8, 4) is 11.4 Å². The van der Waals surface area contributed by atoms with Gasteiger partial charge in [-0.15, -0.1) is 0 Å². The molecular formula is C17H20N2O4. The fourth-order valence-corrected chi connectivity index (χ4v) is 2.38. The van der Waals surface area contributed by atoms with Crippen LogP contribution in [0.4, 0.5) is 0 Å². The van der Waals surface area contributed by atoms with Crippen molar-refractivity contribution in [2.45, 2.75) is 32.0 Å². The van der Waals surface area contributed by atoms with Gasteiger partial charge in [-0.3, -0.25) is 0 Å². The Labute approximate surface area is 135 Å². The lowest BCUT2D eigenvalue weighted by Crippen LogP contribution is -2.29. The molecule has 6 nitrogen and oxygen atoms in total. The van der Waals surface area contributed by atoms with E-state index < -0.39 is 12.1 Å². The number of hydrogen-bond acceptors (Lipinski definition) is 5. The van der Waals surface area contributed by atoms with Gasteiger partial charge in [-0.25, -0.2) is 9.48 Å². The first kappa shape index (κ1) is 15.7. The smallest absolute Gasteiger partial charge is 0.340 e. The van der Waals surface area contributed by atoms with Crippen LogP contribution in [-0.4, -0.2) is 41.2 Å².